The number of rotatable bonds is 3. The second-order valence-corrected chi connectivity index (χ2v) is 5.37. The third-order valence-corrected chi connectivity index (χ3v) is 4.06. The monoisotopic (exact) mass is 321 g/mol. The standard InChI is InChI=1S/C16H16FN3O.ClH/c17-12-4-1-3-11(9-12)16(7-2-8-16)15(21)20-13-5-6-14(18)19-10-13;/h1,3-6,9-10H,2,7-8H2,(H2,18,19)(H,20,21);1H. The Hall–Kier alpha value is -2.14. The molecule has 6 heteroatoms. The van der Waals surface area contributed by atoms with Crippen molar-refractivity contribution >= 4 is 29.8 Å². The first-order valence-corrected chi connectivity index (χ1v) is 6.89. The zero-order chi connectivity index (χ0) is 14.9. The maximum Gasteiger partial charge on any atom is 0.235 e. The fourth-order valence-corrected chi connectivity index (χ4v) is 2.69. The summed E-state index contributed by atoms with van der Waals surface area (Å²) in [7, 11) is 0. The molecule has 0 radical (unpaired) electrons. The van der Waals surface area contributed by atoms with E-state index in [0.717, 1.165) is 24.8 Å². The van der Waals surface area contributed by atoms with Crippen LogP contribution in [0.1, 0.15) is 24.8 Å². The van der Waals surface area contributed by atoms with E-state index in [0.29, 0.717) is 11.5 Å². The third-order valence-electron chi connectivity index (χ3n) is 4.06. The summed E-state index contributed by atoms with van der Waals surface area (Å²) in [6.45, 7) is 0. The number of nitrogen functional groups attached to an aromatic ring is 1. The van der Waals surface area contributed by atoms with Gasteiger partial charge in [0.25, 0.3) is 0 Å². The highest BCUT2D eigenvalue weighted by atomic mass is 35.5. The predicted octanol–water partition coefficient (Wildman–Crippen LogP) is 3.29. The number of benzene rings is 1. The van der Waals surface area contributed by atoms with Crippen molar-refractivity contribution in [3.05, 3.63) is 54.0 Å². The minimum Gasteiger partial charge on any atom is -0.384 e. The molecule has 3 N–H and O–H groups in total. The number of hydrogen-bond donors (Lipinski definition) is 2. The van der Waals surface area contributed by atoms with E-state index in [2.05, 4.69) is 10.3 Å². The SMILES string of the molecule is Cl.Nc1ccc(NC(=O)C2(c3cccc(F)c3)CCC2)cn1. The van der Waals surface area contributed by atoms with E-state index in [9.17, 15) is 9.18 Å². The lowest BCUT2D eigenvalue weighted by atomic mass is 9.63. The Morgan fingerprint density at radius 1 is 1.27 bits per heavy atom. The first kappa shape index (κ1) is 16.2. The molecule has 1 amide bonds. The van der Waals surface area contributed by atoms with Crippen molar-refractivity contribution in [2.24, 2.45) is 0 Å². The van der Waals surface area contributed by atoms with Crippen LogP contribution in [0.15, 0.2) is 42.6 Å². The van der Waals surface area contributed by atoms with Gasteiger partial charge in [-0.3, -0.25) is 4.79 Å². The van der Waals surface area contributed by atoms with Crippen molar-refractivity contribution < 1.29 is 9.18 Å². The van der Waals surface area contributed by atoms with Crippen molar-refractivity contribution in [2.45, 2.75) is 24.7 Å². The molecule has 1 fully saturated rings. The highest BCUT2D eigenvalue weighted by molar-refractivity contribution is 5.99. The Bertz CT molecular complexity index is 671. The van der Waals surface area contributed by atoms with Crippen molar-refractivity contribution in [3.63, 3.8) is 0 Å². The Morgan fingerprint density at radius 2 is 2.05 bits per heavy atom. The lowest BCUT2D eigenvalue weighted by molar-refractivity contribution is -0.124. The number of aromatic nitrogens is 1. The van der Waals surface area contributed by atoms with Gasteiger partial charge < -0.3 is 11.1 Å². The number of amides is 1. The van der Waals surface area contributed by atoms with Crippen LogP contribution in [0.3, 0.4) is 0 Å². The van der Waals surface area contributed by atoms with Gasteiger partial charge in [0.2, 0.25) is 5.91 Å². The van der Waals surface area contributed by atoms with Gasteiger partial charge in [0.05, 0.1) is 17.3 Å². The Labute approximate surface area is 134 Å². The van der Waals surface area contributed by atoms with Crippen LogP contribution < -0.4 is 11.1 Å². The minimum atomic E-state index is -0.635. The highest BCUT2D eigenvalue weighted by Crippen LogP contribution is 2.44. The number of pyridine rings is 1. The van der Waals surface area contributed by atoms with Gasteiger partial charge in [-0.05, 0) is 42.7 Å². The molecule has 3 rings (SSSR count). The molecule has 0 spiro atoms. The summed E-state index contributed by atoms with van der Waals surface area (Å²) in [6, 6.07) is 9.62. The fourth-order valence-electron chi connectivity index (χ4n) is 2.69. The maximum absolute atomic E-state index is 13.4. The van der Waals surface area contributed by atoms with Gasteiger partial charge in [0.15, 0.2) is 0 Å². The number of nitrogens with one attached hydrogen (secondary N) is 1. The maximum atomic E-state index is 13.4. The predicted molar refractivity (Wildman–Crippen MR) is 86.5 cm³/mol. The van der Waals surface area contributed by atoms with Crippen LogP contribution in [0.25, 0.3) is 0 Å². The molecule has 1 aliphatic rings. The molecule has 1 aromatic carbocycles. The van der Waals surface area contributed by atoms with Gasteiger partial charge in [0.1, 0.15) is 11.6 Å². The van der Waals surface area contributed by atoms with Gasteiger partial charge in [-0.1, -0.05) is 18.6 Å². The molecule has 1 saturated carbocycles. The van der Waals surface area contributed by atoms with Gasteiger partial charge >= 0.3 is 0 Å². The molecule has 22 heavy (non-hydrogen) atoms. The number of nitrogens with two attached hydrogens (primary N) is 1. The van der Waals surface area contributed by atoms with Gasteiger partial charge in [0, 0.05) is 0 Å². The van der Waals surface area contributed by atoms with E-state index >= 15 is 0 Å². The first-order valence-electron chi connectivity index (χ1n) is 6.89. The third kappa shape index (κ3) is 2.90. The van der Waals surface area contributed by atoms with Gasteiger partial charge in [-0.2, -0.15) is 0 Å². The zero-order valence-electron chi connectivity index (χ0n) is 11.9. The molecule has 4 nitrogen and oxygen atoms in total. The van der Waals surface area contributed by atoms with Crippen LogP contribution in [-0.4, -0.2) is 10.9 Å². The second-order valence-electron chi connectivity index (χ2n) is 5.37. The van der Waals surface area contributed by atoms with E-state index in [1.807, 2.05) is 6.07 Å². The van der Waals surface area contributed by atoms with Crippen molar-refractivity contribution in [1.82, 2.24) is 4.98 Å². The summed E-state index contributed by atoms with van der Waals surface area (Å²) in [5.74, 6) is -0.0388. The highest BCUT2D eigenvalue weighted by Gasteiger charge is 2.45. The van der Waals surface area contributed by atoms with E-state index in [-0.39, 0.29) is 24.1 Å². The smallest absolute Gasteiger partial charge is 0.235 e. The number of nitrogens with zero attached hydrogens (tertiary/aromatic N) is 1. The Morgan fingerprint density at radius 3 is 2.59 bits per heavy atom. The summed E-state index contributed by atoms with van der Waals surface area (Å²) >= 11 is 0. The van der Waals surface area contributed by atoms with Crippen molar-refractivity contribution in [1.29, 1.82) is 0 Å². The van der Waals surface area contributed by atoms with Crippen LogP contribution in [-0.2, 0) is 10.2 Å². The molecule has 0 bridgehead atoms. The lowest BCUT2D eigenvalue weighted by Gasteiger charge is -2.40. The van der Waals surface area contributed by atoms with E-state index in [1.165, 1.54) is 18.3 Å². The summed E-state index contributed by atoms with van der Waals surface area (Å²) < 4.78 is 13.4. The molecular weight excluding hydrogens is 305 g/mol. The molecule has 1 aromatic heterocycles. The summed E-state index contributed by atoms with van der Waals surface area (Å²) in [6.07, 6.45) is 3.93. The van der Waals surface area contributed by atoms with Crippen molar-refractivity contribution in [2.75, 3.05) is 11.1 Å². The average Bonchev–Trinajstić information content (AvgIpc) is 2.40. The zero-order valence-corrected chi connectivity index (χ0v) is 12.7. The molecule has 2 aromatic rings. The number of carbonyl (C=O) groups excluding carboxylic acids is 1. The van der Waals surface area contributed by atoms with Crippen LogP contribution in [0.5, 0.6) is 0 Å². The molecule has 1 aliphatic carbocycles. The summed E-state index contributed by atoms with van der Waals surface area (Å²) in [5.41, 5.74) is 6.21. The van der Waals surface area contributed by atoms with Gasteiger partial charge in [-0.15, -0.1) is 12.4 Å². The number of anilines is 2. The first-order chi connectivity index (χ1) is 10.1. The molecule has 0 saturated heterocycles. The van der Waals surface area contributed by atoms with Crippen LogP contribution in [0.2, 0.25) is 0 Å². The molecule has 116 valence electrons. The van der Waals surface area contributed by atoms with E-state index in [4.69, 9.17) is 5.73 Å². The Balaban J connectivity index is 0.00000176. The minimum absolute atomic E-state index is 0. The molecular formula is C16H17ClFN3O. The molecule has 0 atom stereocenters. The normalized spacial score (nSPS) is 15.3. The van der Waals surface area contributed by atoms with E-state index < -0.39 is 5.41 Å². The molecule has 0 unspecified atom stereocenters. The molecule has 1 heterocycles. The van der Waals surface area contributed by atoms with Crippen LogP contribution >= 0.6 is 12.4 Å². The van der Waals surface area contributed by atoms with Crippen LogP contribution in [0.4, 0.5) is 15.9 Å². The second kappa shape index (κ2) is 6.32. The lowest BCUT2D eigenvalue weighted by Crippen LogP contribution is -2.46. The number of hydrogen-bond acceptors (Lipinski definition) is 3. The van der Waals surface area contributed by atoms with Crippen molar-refractivity contribution in [3.8, 4) is 0 Å². The quantitative estimate of drug-likeness (QED) is 0.911. The molecule has 0 aliphatic heterocycles. The number of halogens is 2. The Kier molecular flexibility index (Phi) is 4.66. The van der Waals surface area contributed by atoms with Gasteiger partial charge in [-0.25, -0.2) is 9.37 Å². The van der Waals surface area contributed by atoms with E-state index in [1.54, 1.807) is 18.2 Å². The summed E-state index contributed by atoms with van der Waals surface area (Å²) in [5, 5.41) is 2.85. The largest absolute Gasteiger partial charge is 0.384 e. The topological polar surface area (TPSA) is 68.0 Å². The fraction of sp³-hybridized carbons (Fsp3) is 0.250. The average molecular weight is 322 g/mol. The summed E-state index contributed by atoms with van der Waals surface area (Å²) in [4.78, 5) is 16.6. The number of carbonyl (C=O) groups is 1. The van der Waals surface area contributed by atoms with Crippen LogP contribution in [0, 0.1) is 5.82 Å².